The van der Waals surface area contributed by atoms with Crippen molar-refractivity contribution in [2.75, 3.05) is 0 Å². The zero-order valence-electron chi connectivity index (χ0n) is 19.8. The minimum absolute atomic E-state index is 0.00417. The Kier molecular flexibility index (Phi) is 13.6. The molecule has 8 heteroatoms. The number of ketones is 2. The topological polar surface area (TPSA) is 130 Å². The molecule has 0 saturated carbocycles. The van der Waals surface area contributed by atoms with Crippen molar-refractivity contribution >= 4 is 36.4 Å². The van der Waals surface area contributed by atoms with E-state index in [1.54, 1.807) is 13.8 Å². The lowest BCUT2D eigenvalue weighted by molar-refractivity contribution is -0.152. The van der Waals surface area contributed by atoms with E-state index in [9.17, 15) is 19.2 Å². The van der Waals surface area contributed by atoms with Gasteiger partial charge in [0.05, 0.1) is 12.1 Å². The number of nitrogens with one attached hydrogen (secondary N) is 1. The lowest BCUT2D eigenvalue weighted by atomic mass is 9.88. The molecule has 8 nitrogen and oxygen atoms in total. The molecule has 0 aliphatic rings. The maximum Gasteiger partial charge on any atom is 0.334 e. The molecule has 0 aromatic carbocycles. The molecule has 31 heavy (non-hydrogen) atoms. The molecule has 3 N–H and O–H groups in total. The molecule has 0 unspecified atom stereocenters. The quantitative estimate of drug-likeness (QED) is 0.227. The van der Waals surface area contributed by atoms with Crippen molar-refractivity contribution in [1.29, 1.82) is 0 Å². The maximum absolute atomic E-state index is 13.0. The van der Waals surface area contributed by atoms with Crippen LogP contribution < -0.4 is 15.7 Å². The molecule has 0 spiro atoms. The Bertz CT molecular complexity index is 666. The molecule has 0 heterocycles. The first-order valence-electron chi connectivity index (χ1n) is 11.0. The fourth-order valence-corrected chi connectivity index (χ4v) is 3.19. The summed E-state index contributed by atoms with van der Waals surface area (Å²) in [5, 5.41) is 2.69. The SMILES string of the molecule is C=[N+]=CC(=O)CC[C@H](NC(=O)[C@@H](CC(=O)[C@@H](N)CC(C)C)CC(C)C)C(=O)OC(C)C. The zero-order valence-corrected chi connectivity index (χ0v) is 19.8. The van der Waals surface area contributed by atoms with Gasteiger partial charge in [0.15, 0.2) is 0 Å². The molecule has 0 aromatic rings. The van der Waals surface area contributed by atoms with Gasteiger partial charge in [0, 0.05) is 18.8 Å². The lowest BCUT2D eigenvalue weighted by Gasteiger charge is -2.24. The van der Waals surface area contributed by atoms with Gasteiger partial charge in [-0.25, -0.2) is 4.79 Å². The minimum atomic E-state index is -0.994. The first-order valence-corrected chi connectivity index (χ1v) is 11.0. The number of carbonyl (C=O) groups is 4. The van der Waals surface area contributed by atoms with E-state index in [0.29, 0.717) is 12.8 Å². The molecule has 0 aliphatic heterocycles. The molecule has 0 saturated heterocycles. The van der Waals surface area contributed by atoms with Crippen molar-refractivity contribution in [3.8, 4) is 0 Å². The van der Waals surface area contributed by atoms with Crippen LogP contribution in [0.25, 0.3) is 0 Å². The van der Waals surface area contributed by atoms with Crippen molar-refractivity contribution in [3.05, 3.63) is 0 Å². The summed E-state index contributed by atoms with van der Waals surface area (Å²) in [6.45, 7) is 14.5. The van der Waals surface area contributed by atoms with Crippen LogP contribution in [0.15, 0.2) is 0 Å². The average molecular weight is 439 g/mol. The van der Waals surface area contributed by atoms with Crippen LogP contribution in [0.4, 0.5) is 0 Å². The molecule has 0 aliphatic carbocycles. The summed E-state index contributed by atoms with van der Waals surface area (Å²) in [6.07, 6.45) is 1.81. The van der Waals surface area contributed by atoms with Crippen LogP contribution in [-0.2, 0) is 23.9 Å². The van der Waals surface area contributed by atoms with Crippen LogP contribution >= 0.6 is 0 Å². The second-order valence-corrected chi connectivity index (χ2v) is 9.10. The Morgan fingerprint density at radius 3 is 2.10 bits per heavy atom. The molecule has 0 aromatic heterocycles. The summed E-state index contributed by atoms with van der Waals surface area (Å²) in [4.78, 5) is 49.8. The van der Waals surface area contributed by atoms with Gasteiger partial charge in [-0.15, -0.1) is 4.67 Å². The summed E-state index contributed by atoms with van der Waals surface area (Å²) in [7, 11) is 0. The Morgan fingerprint density at radius 2 is 1.61 bits per heavy atom. The van der Waals surface area contributed by atoms with Crippen LogP contribution in [0.5, 0.6) is 0 Å². The third-order valence-corrected chi connectivity index (χ3v) is 4.58. The Balaban J connectivity index is 5.38. The van der Waals surface area contributed by atoms with E-state index in [4.69, 9.17) is 10.5 Å². The lowest BCUT2D eigenvalue weighted by Crippen LogP contribution is -2.46. The number of ether oxygens (including phenoxy) is 1. The number of hydrogen-bond acceptors (Lipinski definition) is 6. The molecular formula is C23H40N3O5+. The number of nitrogens with two attached hydrogens (primary N) is 1. The number of amides is 1. The molecule has 3 atom stereocenters. The van der Waals surface area contributed by atoms with Gasteiger partial charge in [-0.1, -0.05) is 27.7 Å². The molecule has 0 radical (unpaired) electrons. The van der Waals surface area contributed by atoms with Crippen LogP contribution in [0, 0.1) is 17.8 Å². The van der Waals surface area contributed by atoms with Gasteiger partial charge in [0.2, 0.25) is 11.7 Å². The highest BCUT2D eigenvalue weighted by Gasteiger charge is 2.30. The van der Waals surface area contributed by atoms with Crippen LogP contribution in [0.1, 0.15) is 73.6 Å². The van der Waals surface area contributed by atoms with E-state index in [0.717, 1.165) is 6.21 Å². The summed E-state index contributed by atoms with van der Waals surface area (Å²) in [5.41, 5.74) is 6.00. The molecule has 1 amide bonds. The number of Topliss-reactive ketones (excluding diaryl/α,β-unsaturated/α-hetero) is 2. The molecule has 0 bridgehead atoms. The van der Waals surface area contributed by atoms with Gasteiger partial charge in [0.25, 0.3) is 6.72 Å². The van der Waals surface area contributed by atoms with Crippen molar-refractivity contribution in [2.24, 2.45) is 23.5 Å². The highest BCUT2D eigenvalue weighted by molar-refractivity contribution is 6.27. The van der Waals surface area contributed by atoms with E-state index < -0.39 is 29.9 Å². The third-order valence-electron chi connectivity index (χ3n) is 4.58. The normalized spacial score (nSPS) is 14.0. The Labute approximate surface area is 186 Å². The number of rotatable bonds is 15. The first-order chi connectivity index (χ1) is 14.4. The fourth-order valence-electron chi connectivity index (χ4n) is 3.19. The summed E-state index contributed by atoms with van der Waals surface area (Å²) in [5.74, 6) is -1.68. The first kappa shape index (κ1) is 28.7. The second-order valence-electron chi connectivity index (χ2n) is 9.10. The van der Waals surface area contributed by atoms with Gasteiger partial charge < -0.3 is 15.8 Å². The molecule has 0 rings (SSSR count). The second kappa shape index (κ2) is 14.7. The fraction of sp³-hybridized carbons (Fsp3) is 0.739. The Hall–Kier alpha value is -2.31. The van der Waals surface area contributed by atoms with Crippen molar-refractivity contribution < 1.29 is 23.9 Å². The standard InChI is InChI=1S/C23H39N3O5/c1-14(2)10-17(12-21(28)19(24)11-15(3)4)22(29)26-20(23(30)31-16(5)6)9-8-18(27)13-25-7/h13-17,19-20H,7-12,24H2,1-6H3/p+1/t17-,19+,20+/m1/s1. The summed E-state index contributed by atoms with van der Waals surface area (Å²) >= 11 is 0. The van der Waals surface area contributed by atoms with Gasteiger partial charge in [0.1, 0.15) is 11.8 Å². The van der Waals surface area contributed by atoms with Crippen molar-refractivity contribution in [1.82, 2.24) is 9.98 Å². The van der Waals surface area contributed by atoms with E-state index in [2.05, 4.69) is 16.7 Å². The maximum atomic E-state index is 13.0. The zero-order chi connectivity index (χ0) is 24.1. The molecular weight excluding hydrogens is 398 g/mol. The predicted octanol–water partition coefficient (Wildman–Crippen LogP) is 1.61. The summed E-state index contributed by atoms with van der Waals surface area (Å²) < 4.78 is 8.65. The van der Waals surface area contributed by atoms with Crippen molar-refractivity contribution in [3.63, 3.8) is 0 Å². The van der Waals surface area contributed by atoms with E-state index >= 15 is 0 Å². The van der Waals surface area contributed by atoms with E-state index in [1.807, 2.05) is 27.7 Å². The van der Waals surface area contributed by atoms with Crippen LogP contribution in [0.2, 0.25) is 0 Å². The third kappa shape index (κ3) is 12.9. The summed E-state index contributed by atoms with van der Waals surface area (Å²) in [6, 6.07) is -1.62. The Morgan fingerprint density at radius 1 is 1.03 bits per heavy atom. The minimum Gasteiger partial charge on any atom is -0.461 e. The highest BCUT2D eigenvalue weighted by Crippen LogP contribution is 2.19. The van der Waals surface area contributed by atoms with Crippen LogP contribution in [0.3, 0.4) is 0 Å². The highest BCUT2D eigenvalue weighted by atomic mass is 16.5. The average Bonchev–Trinajstić information content (AvgIpc) is 2.62. The van der Waals surface area contributed by atoms with Crippen molar-refractivity contribution in [2.45, 2.75) is 91.8 Å². The molecule has 176 valence electrons. The number of nitrogens with zero attached hydrogens (tertiary/aromatic N) is 1. The van der Waals surface area contributed by atoms with Gasteiger partial charge >= 0.3 is 12.2 Å². The van der Waals surface area contributed by atoms with Gasteiger partial charge in [-0.05, 0) is 44.9 Å². The monoisotopic (exact) mass is 438 g/mol. The van der Waals surface area contributed by atoms with E-state index in [-0.39, 0.29) is 48.8 Å². The smallest absolute Gasteiger partial charge is 0.334 e. The number of carbonyl (C=O) groups excluding carboxylic acids is 4. The van der Waals surface area contributed by atoms with E-state index in [1.165, 1.54) is 0 Å². The van der Waals surface area contributed by atoms with Gasteiger partial charge in [-0.2, -0.15) is 0 Å². The number of esters is 1. The predicted molar refractivity (Wildman–Crippen MR) is 123 cm³/mol. The van der Waals surface area contributed by atoms with Crippen LogP contribution in [-0.4, -0.2) is 54.6 Å². The van der Waals surface area contributed by atoms with Gasteiger partial charge in [-0.3, -0.25) is 14.4 Å². The molecule has 0 fully saturated rings. The number of hydrogen-bond donors (Lipinski definition) is 2. The largest absolute Gasteiger partial charge is 0.461 e.